The normalized spacial score (nSPS) is 11.8. The first-order valence-electron chi connectivity index (χ1n) is 18.9. The van der Waals surface area contributed by atoms with Crippen LogP contribution in [-0.2, 0) is 0 Å². The maximum Gasteiger partial charge on any atom is 0.135 e. The molecular weight excluding hydrogens is 665 g/mol. The van der Waals surface area contributed by atoms with Crippen molar-refractivity contribution in [3.8, 4) is 78.3 Å². The van der Waals surface area contributed by atoms with Gasteiger partial charge in [-0.1, -0.05) is 176 Å². The lowest BCUT2D eigenvalue weighted by molar-refractivity contribution is 0.487. The Labute approximate surface area is 320 Å². The van der Waals surface area contributed by atoms with Gasteiger partial charge >= 0.3 is 0 Å². The molecule has 0 amide bonds. The lowest BCUT2D eigenvalue weighted by atomic mass is 9.84. The zero-order valence-electron chi connectivity index (χ0n) is 30.0. The van der Waals surface area contributed by atoms with Gasteiger partial charge in [0.1, 0.15) is 11.5 Å². The highest BCUT2D eigenvalue weighted by Crippen LogP contribution is 2.51. The molecule has 0 N–H and O–H groups in total. The van der Waals surface area contributed by atoms with E-state index in [1.807, 2.05) is 6.07 Å². The summed E-state index contributed by atoms with van der Waals surface area (Å²) in [5, 5.41) is 7.35. The first kappa shape index (κ1) is 31.3. The van der Waals surface area contributed by atoms with Crippen LogP contribution in [0.2, 0.25) is 0 Å². The first-order chi connectivity index (χ1) is 27.3. The molecule has 1 aliphatic rings. The maximum absolute atomic E-state index is 6.52. The molecular formula is C54H34O. The van der Waals surface area contributed by atoms with Crippen LogP contribution in [0.5, 0.6) is 11.5 Å². The number of hydrogen-bond donors (Lipinski definition) is 0. The van der Waals surface area contributed by atoms with Crippen molar-refractivity contribution in [2.24, 2.45) is 0 Å². The van der Waals surface area contributed by atoms with E-state index in [4.69, 9.17) is 4.74 Å². The van der Waals surface area contributed by atoms with Crippen molar-refractivity contribution >= 4 is 32.3 Å². The fourth-order valence-electron chi connectivity index (χ4n) is 8.75. The predicted molar refractivity (Wildman–Crippen MR) is 232 cm³/mol. The van der Waals surface area contributed by atoms with Gasteiger partial charge in [-0.15, -0.1) is 0 Å². The predicted octanol–water partition coefficient (Wildman–Crippen LogP) is 15.3. The molecule has 0 fully saturated rings. The minimum atomic E-state index is 0.896. The molecule has 55 heavy (non-hydrogen) atoms. The van der Waals surface area contributed by atoms with E-state index in [0.29, 0.717) is 0 Å². The topological polar surface area (TPSA) is 9.23 Å². The van der Waals surface area contributed by atoms with E-state index in [1.165, 1.54) is 88.1 Å². The Morgan fingerprint density at radius 2 is 0.764 bits per heavy atom. The van der Waals surface area contributed by atoms with Gasteiger partial charge in [-0.25, -0.2) is 0 Å². The average molecular weight is 699 g/mol. The van der Waals surface area contributed by atoms with Crippen molar-refractivity contribution in [2.45, 2.75) is 0 Å². The number of benzene rings is 10. The Kier molecular flexibility index (Phi) is 7.25. The zero-order valence-corrected chi connectivity index (χ0v) is 30.0. The summed E-state index contributed by atoms with van der Waals surface area (Å²) < 4.78 is 6.52. The molecule has 0 unspecified atom stereocenters. The van der Waals surface area contributed by atoms with E-state index in [0.717, 1.165) is 22.4 Å². The van der Waals surface area contributed by atoms with Crippen molar-refractivity contribution < 1.29 is 4.74 Å². The van der Waals surface area contributed by atoms with Gasteiger partial charge in [-0.2, -0.15) is 0 Å². The second kappa shape index (κ2) is 12.7. The van der Waals surface area contributed by atoms with Gasteiger partial charge in [0.15, 0.2) is 0 Å². The number of fused-ring (bicyclic) bond motifs is 4. The molecule has 10 aromatic carbocycles. The van der Waals surface area contributed by atoms with Crippen molar-refractivity contribution in [3.05, 3.63) is 206 Å². The van der Waals surface area contributed by atoms with Crippen LogP contribution in [0, 0.1) is 0 Å². The Bertz CT molecular complexity index is 3030. The van der Waals surface area contributed by atoms with Crippen LogP contribution in [-0.4, -0.2) is 0 Å². The zero-order chi connectivity index (χ0) is 36.3. The summed E-state index contributed by atoms with van der Waals surface area (Å²) >= 11 is 0. The summed E-state index contributed by atoms with van der Waals surface area (Å²) in [7, 11) is 0. The first-order valence-corrected chi connectivity index (χ1v) is 18.9. The molecule has 10 aromatic rings. The van der Waals surface area contributed by atoms with E-state index >= 15 is 0 Å². The summed E-state index contributed by atoms with van der Waals surface area (Å²) in [4.78, 5) is 0. The van der Waals surface area contributed by atoms with Crippen molar-refractivity contribution in [2.75, 3.05) is 0 Å². The Morgan fingerprint density at radius 3 is 1.44 bits per heavy atom. The number of ether oxygens (including phenoxy) is 1. The van der Waals surface area contributed by atoms with Crippen molar-refractivity contribution in [3.63, 3.8) is 0 Å². The SMILES string of the molecule is c1ccc(-c2cccc(-c3c4ccccc4c(-c4ccc(-c5ccc6c7c(cc(-c8ccccc8)cc57)-c5ccccc5O6)cc4)c4ccccc34)c2)cc1. The number of rotatable bonds is 5. The minimum absolute atomic E-state index is 0.896. The van der Waals surface area contributed by atoms with Crippen LogP contribution in [0.3, 0.4) is 0 Å². The quantitative estimate of drug-likeness (QED) is 0.163. The van der Waals surface area contributed by atoms with Crippen molar-refractivity contribution in [1.82, 2.24) is 0 Å². The van der Waals surface area contributed by atoms with Crippen LogP contribution in [0.25, 0.3) is 99.1 Å². The molecule has 0 atom stereocenters. The summed E-state index contributed by atoms with van der Waals surface area (Å²) in [6.07, 6.45) is 0. The highest BCUT2D eigenvalue weighted by atomic mass is 16.5. The highest BCUT2D eigenvalue weighted by molar-refractivity contribution is 6.21. The fourth-order valence-corrected chi connectivity index (χ4v) is 8.75. The van der Waals surface area contributed by atoms with Gasteiger partial charge in [0.2, 0.25) is 0 Å². The van der Waals surface area contributed by atoms with Gasteiger partial charge in [0.25, 0.3) is 0 Å². The van der Waals surface area contributed by atoms with Gasteiger partial charge in [0, 0.05) is 10.9 Å². The maximum atomic E-state index is 6.52. The molecule has 1 heteroatoms. The smallest absolute Gasteiger partial charge is 0.135 e. The summed E-state index contributed by atoms with van der Waals surface area (Å²) in [5.41, 5.74) is 14.5. The largest absolute Gasteiger partial charge is 0.456 e. The number of para-hydroxylation sites is 1. The average Bonchev–Trinajstić information content (AvgIpc) is 3.26. The molecule has 256 valence electrons. The molecule has 0 radical (unpaired) electrons. The molecule has 11 rings (SSSR count). The van der Waals surface area contributed by atoms with Crippen molar-refractivity contribution in [1.29, 1.82) is 0 Å². The van der Waals surface area contributed by atoms with E-state index in [9.17, 15) is 0 Å². The van der Waals surface area contributed by atoms with E-state index in [1.54, 1.807) is 0 Å². The van der Waals surface area contributed by atoms with Crippen LogP contribution in [0.4, 0.5) is 0 Å². The lowest BCUT2D eigenvalue weighted by Gasteiger charge is -2.24. The fraction of sp³-hybridized carbons (Fsp3) is 0. The van der Waals surface area contributed by atoms with Gasteiger partial charge in [-0.05, 0) is 118 Å². The third kappa shape index (κ3) is 5.16. The van der Waals surface area contributed by atoms with Gasteiger partial charge < -0.3 is 4.74 Å². The monoisotopic (exact) mass is 698 g/mol. The summed E-state index contributed by atoms with van der Waals surface area (Å²) in [6.45, 7) is 0. The van der Waals surface area contributed by atoms with Gasteiger partial charge in [0.05, 0.1) is 0 Å². The second-order valence-electron chi connectivity index (χ2n) is 14.4. The molecule has 0 saturated carbocycles. The van der Waals surface area contributed by atoms with Gasteiger partial charge in [-0.3, -0.25) is 0 Å². The summed E-state index contributed by atoms with van der Waals surface area (Å²) in [6, 6.07) is 74.7. The third-order valence-corrected chi connectivity index (χ3v) is 11.3. The lowest BCUT2D eigenvalue weighted by Crippen LogP contribution is -1.98. The minimum Gasteiger partial charge on any atom is -0.456 e. The van der Waals surface area contributed by atoms with E-state index in [-0.39, 0.29) is 0 Å². The Morgan fingerprint density at radius 1 is 0.236 bits per heavy atom. The molecule has 0 bridgehead atoms. The molecule has 0 saturated heterocycles. The van der Waals surface area contributed by atoms with Crippen LogP contribution in [0.15, 0.2) is 206 Å². The second-order valence-corrected chi connectivity index (χ2v) is 14.4. The highest BCUT2D eigenvalue weighted by Gasteiger charge is 2.23. The van der Waals surface area contributed by atoms with Crippen LogP contribution < -0.4 is 4.74 Å². The van der Waals surface area contributed by atoms with E-state index < -0.39 is 0 Å². The Balaban J connectivity index is 1.08. The molecule has 1 nitrogen and oxygen atoms in total. The molecule has 0 spiro atoms. The molecule has 0 aromatic heterocycles. The molecule has 0 aliphatic carbocycles. The third-order valence-electron chi connectivity index (χ3n) is 11.3. The van der Waals surface area contributed by atoms with E-state index in [2.05, 4.69) is 200 Å². The number of hydrogen-bond acceptors (Lipinski definition) is 1. The van der Waals surface area contributed by atoms with Crippen LogP contribution in [0.1, 0.15) is 0 Å². The standard InChI is InChI=1S/C54H34O/c1-3-14-35(15-4-1)39-18-13-19-40(32-39)53-46-23-9-7-21-44(46)52(45-22-8-10-24-47(45)53)38-28-26-37(27-29-38)42-30-31-51-54-48(42)33-41(36-16-5-2-6-17-36)34-49(54)43-20-11-12-25-50(43)55-51/h1-34H. The van der Waals surface area contributed by atoms with Crippen LogP contribution >= 0.6 is 0 Å². The molecule has 1 aliphatic heterocycles. The Hall–Kier alpha value is -7.22. The summed E-state index contributed by atoms with van der Waals surface area (Å²) in [5.74, 6) is 1.80. The molecule has 1 heterocycles.